The van der Waals surface area contributed by atoms with E-state index < -0.39 is 0 Å². The summed E-state index contributed by atoms with van der Waals surface area (Å²) in [6, 6.07) is 18.5. The first-order valence-corrected chi connectivity index (χ1v) is 7.96. The van der Waals surface area contributed by atoms with Crippen molar-refractivity contribution in [2.24, 2.45) is 0 Å². The van der Waals surface area contributed by atoms with E-state index in [1.807, 2.05) is 26.0 Å². The van der Waals surface area contributed by atoms with Gasteiger partial charge < -0.3 is 10.2 Å². The summed E-state index contributed by atoms with van der Waals surface area (Å²) in [6.07, 6.45) is 0. The molecule has 5 heteroatoms. The van der Waals surface area contributed by atoms with Crippen LogP contribution < -0.4 is 4.90 Å². The molecule has 3 aromatic carbocycles. The van der Waals surface area contributed by atoms with E-state index in [0.29, 0.717) is 16.9 Å². The van der Waals surface area contributed by atoms with Crippen LogP contribution >= 0.6 is 0 Å². The Morgan fingerprint density at radius 1 is 0.769 bits per heavy atom. The molecule has 1 radical (unpaired) electrons. The molecule has 4 nitrogen and oxygen atoms in total. The average Bonchev–Trinajstić information content (AvgIpc) is 2.61. The maximum absolute atomic E-state index is 13.3. The molecule has 0 aliphatic heterocycles. The third kappa shape index (κ3) is 3.93. The predicted molar refractivity (Wildman–Crippen MR) is 98.6 cm³/mol. The maximum Gasteiger partial charge on any atom is 0.263 e. The van der Waals surface area contributed by atoms with Gasteiger partial charge in [0.05, 0.1) is 0 Å². The van der Waals surface area contributed by atoms with Crippen LogP contribution in [0.1, 0.15) is 21.5 Å². The van der Waals surface area contributed by atoms with Crippen molar-refractivity contribution in [1.29, 1.82) is 0 Å². The molecule has 3 rings (SSSR count). The number of aryl methyl sites for hydroxylation is 1. The van der Waals surface area contributed by atoms with Crippen LogP contribution in [0.5, 0.6) is 11.5 Å². The second kappa shape index (κ2) is 8.13. The number of aromatic hydroxyl groups is 2. The van der Waals surface area contributed by atoms with E-state index in [-0.39, 0.29) is 36.0 Å². The van der Waals surface area contributed by atoms with Crippen LogP contribution in [0.3, 0.4) is 0 Å². The fourth-order valence-electron chi connectivity index (χ4n) is 2.69. The zero-order valence-corrected chi connectivity index (χ0v) is 15.9. The minimum Gasteiger partial charge on any atom is -0.508 e. The van der Waals surface area contributed by atoms with Crippen LogP contribution in [-0.4, -0.2) is 16.1 Å². The monoisotopic (exact) mass is 384 g/mol. The molecule has 3 aromatic rings. The third-order valence-electron chi connectivity index (χ3n) is 4.25. The smallest absolute Gasteiger partial charge is 0.263 e. The Kier molecular flexibility index (Phi) is 6.14. The quantitative estimate of drug-likeness (QED) is 0.689. The Morgan fingerprint density at radius 2 is 1.23 bits per heavy atom. The Morgan fingerprint density at radius 3 is 1.69 bits per heavy atom. The average molecular weight is 384 g/mol. The van der Waals surface area contributed by atoms with Gasteiger partial charge in [-0.25, -0.2) is 0 Å². The second-order valence-corrected chi connectivity index (χ2v) is 5.92. The van der Waals surface area contributed by atoms with Crippen LogP contribution in [-0.2, 0) is 18.6 Å². The van der Waals surface area contributed by atoms with Gasteiger partial charge in [-0.05, 0) is 79.6 Å². The number of hydrogen-bond donors (Lipinski definition) is 2. The number of amides is 1. The minimum absolute atomic E-state index is 0. The number of hydrogen-bond acceptors (Lipinski definition) is 3. The summed E-state index contributed by atoms with van der Waals surface area (Å²) in [5.74, 6) is 0.0970. The first-order chi connectivity index (χ1) is 12.0. The Bertz CT molecular complexity index is 860. The summed E-state index contributed by atoms with van der Waals surface area (Å²) in [4.78, 5) is 14.9. The van der Waals surface area contributed by atoms with E-state index >= 15 is 0 Å². The Hall–Kier alpha value is -2.69. The van der Waals surface area contributed by atoms with Crippen LogP contribution in [0.15, 0.2) is 66.7 Å². The van der Waals surface area contributed by atoms with Gasteiger partial charge in [-0.2, -0.15) is 0 Å². The number of nitrogens with zero attached hydrogens (tertiary/aromatic N) is 1. The van der Waals surface area contributed by atoms with Gasteiger partial charge in [0, 0.05) is 35.5 Å². The van der Waals surface area contributed by atoms with Gasteiger partial charge in [0.1, 0.15) is 11.5 Å². The number of carbonyl (C=O) groups excluding carboxylic acids is 1. The number of phenolic OH excluding ortho intramolecular Hbond substituents is 2. The molecule has 0 atom stereocenters. The van der Waals surface area contributed by atoms with Crippen molar-refractivity contribution in [1.82, 2.24) is 0 Å². The van der Waals surface area contributed by atoms with E-state index in [1.165, 1.54) is 0 Å². The van der Waals surface area contributed by atoms with E-state index in [0.717, 1.165) is 11.1 Å². The number of phenols is 2. The van der Waals surface area contributed by atoms with Crippen molar-refractivity contribution in [3.63, 3.8) is 0 Å². The molecule has 0 heterocycles. The number of anilines is 2. The Balaban J connectivity index is 0.00000243. The van der Waals surface area contributed by atoms with Gasteiger partial charge in [0.15, 0.2) is 0 Å². The standard InChI is InChI=1S/C21H19NO3.V/c1-14-4-3-5-20(15(14)2)21(25)22(16-6-10-18(23)11-7-16)17-8-12-19(24)13-9-17;/h3-13,23-24H,1-2H3;. The van der Waals surface area contributed by atoms with Crippen molar-refractivity contribution in [2.45, 2.75) is 13.8 Å². The summed E-state index contributed by atoms with van der Waals surface area (Å²) in [6.45, 7) is 3.89. The van der Waals surface area contributed by atoms with E-state index in [1.54, 1.807) is 59.5 Å². The van der Waals surface area contributed by atoms with E-state index in [4.69, 9.17) is 0 Å². The van der Waals surface area contributed by atoms with E-state index in [2.05, 4.69) is 0 Å². The normalized spacial score (nSPS) is 10.1. The summed E-state index contributed by atoms with van der Waals surface area (Å²) in [5, 5.41) is 19.1. The predicted octanol–water partition coefficient (Wildman–Crippen LogP) is 4.69. The molecule has 0 fully saturated rings. The van der Waals surface area contributed by atoms with Gasteiger partial charge in [-0.15, -0.1) is 0 Å². The second-order valence-electron chi connectivity index (χ2n) is 5.92. The molecule has 0 saturated carbocycles. The molecule has 0 bridgehead atoms. The van der Waals surface area contributed by atoms with Gasteiger partial charge in [0.2, 0.25) is 0 Å². The zero-order valence-electron chi connectivity index (χ0n) is 14.5. The number of benzene rings is 3. The number of rotatable bonds is 3. The van der Waals surface area contributed by atoms with Gasteiger partial charge in [-0.1, -0.05) is 12.1 Å². The molecular formula is C21H19NO3V. The molecule has 0 aliphatic rings. The van der Waals surface area contributed by atoms with E-state index in [9.17, 15) is 15.0 Å². The molecule has 0 unspecified atom stereocenters. The molecule has 0 aliphatic carbocycles. The summed E-state index contributed by atoms with van der Waals surface area (Å²) < 4.78 is 0. The topological polar surface area (TPSA) is 60.8 Å². The van der Waals surface area contributed by atoms with Crippen molar-refractivity contribution in [3.8, 4) is 11.5 Å². The first-order valence-electron chi connectivity index (χ1n) is 7.96. The molecule has 131 valence electrons. The van der Waals surface area contributed by atoms with Crippen LogP contribution in [0, 0.1) is 13.8 Å². The molecule has 0 saturated heterocycles. The van der Waals surface area contributed by atoms with Crippen molar-refractivity contribution >= 4 is 17.3 Å². The summed E-state index contributed by atoms with van der Waals surface area (Å²) in [5.41, 5.74) is 3.85. The summed E-state index contributed by atoms with van der Waals surface area (Å²) >= 11 is 0. The fourth-order valence-corrected chi connectivity index (χ4v) is 2.69. The molecule has 1 amide bonds. The molecular weight excluding hydrogens is 365 g/mol. The van der Waals surface area contributed by atoms with Gasteiger partial charge in [0.25, 0.3) is 5.91 Å². The number of carbonyl (C=O) groups is 1. The van der Waals surface area contributed by atoms with Crippen LogP contribution in [0.25, 0.3) is 0 Å². The largest absolute Gasteiger partial charge is 0.508 e. The van der Waals surface area contributed by atoms with Crippen molar-refractivity contribution in [3.05, 3.63) is 83.4 Å². The summed E-state index contributed by atoms with van der Waals surface area (Å²) in [7, 11) is 0. The zero-order chi connectivity index (χ0) is 18.0. The SMILES string of the molecule is Cc1cccc(C(=O)N(c2ccc(O)cc2)c2ccc(O)cc2)c1C.[V]. The van der Waals surface area contributed by atoms with Crippen molar-refractivity contribution < 1.29 is 33.6 Å². The molecule has 0 aromatic heterocycles. The minimum atomic E-state index is -0.169. The molecule has 0 spiro atoms. The third-order valence-corrected chi connectivity index (χ3v) is 4.25. The molecule has 26 heavy (non-hydrogen) atoms. The molecule has 2 N–H and O–H groups in total. The van der Waals surface area contributed by atoms with Crippen LogP contribution in [0.2, 0.25) is 0 Å². The van der Waals surface area contributed by atoms with Gasteiger partial charge >= 0.3 is 0 Å². The fraction of sp³-hybridized carbons (Fsp3) is 0.0952. The first kappa shape index (κ1) is 19.6. The van der Waals surface area contributed by atoms with Crippen molar-refractivity contribution in [2.75, 3.05) is 4.90 Å². The Labute approximate surface area is 164 Å². The maximum atomic E-state index is 13.3. The van der Waals surface area contributed by atoms with Crippen LogP contribution in [0.4, 0.5) is 11.4 Å². The van der Waals surface area contributed by atoms with Gasteiger partial charge in [-0.3, -0.25) is 9.69 Å².